The lowest BCUT2D eigenvalue weighted by Gasteiger charge is -2.10. The van der Waals surface area contributed by atoms with E-state index in [1.807, 2.05) is 0 Å². The number of hydrogen-bond donors (Lipinski definition) is 3. The van der Waals surface area contributed by atoms with Crippen molar-refractivity contribution < 1.29 is 19.8 Å². The molecule has 0 aliphatic rings. The predicted octanol–water partition coefficient (Wildman–Crippen LogP) is -1.69. The van der Waals surface area contributed by atoms with Gasteiger partial charge in [0.15, 0.2) is 12.0 Å². The van der Waals surface area contributed by atoms with Crippen LogP contribution in [0.15, 0.2) is 0 Å². The summed E-state index contributed by atoms with van der Waals surface area (Å²) in [7, 11) is 0. The van der Waals surface area contributed by atoms with Gasteiger partial charge in [0.25, 0.3) is 0 Å². The minimum absolute atomic E-state index is 0.0128. The Kier molecular flexibility index (Phi) is 2.29. The van der Waals surface area contributed by atoms with Crippen LogP contribution in [0.2, 0.25) is 0 Å². The largest absolute Gasteiger partial charge is 0.481 e. The van der Waals surface area contributed by atoms with Crippen molar-refractivity contribution in [2.75, 3.05) is 0 Å². The molecule has 0 spiro atoms. The Labute approximate surface area is 51.1 Å². The fourth-order valence-corrected chi connectivity index (χ4v) is 0.284. The third kappa shape index (κ3) is 3.63. The van der Waals surface area contributed by atoms with Crippen molar-refractivity contribution in [3.05, 3.63) is 0 Å². The third-order valence-corrected chi connectivity index (χ3v) is 0.638. The normalized spacial score (nSPS) is 16.2. The van der Waals surface area contributed by atoms with Crippen LogP contribution < -0.4 is 5.73 Å². The zero-order valence-corrected chi connectivity index (χ0v) is 4.57. The number of carbonyl (C=O) groups excluding carboxylic acids is 1. The summed E-state index contributed by atoms with van der Waals surface area (Å²) in [5.41, 5.74) is 2.51. The molecule has 9 heavy (non-hydrogen) atoms. The molecule has 0 saturated carbocycles. The lowest BCUT2D eigenvalue weighted by molar-refractivity contribution is -0.145. The number of nitrogens with two attached hydrogens (primary N) is 1. The molecule has 1 atom stereocenters. The number of carboxylic acid groups (broad SMARTS) is 1. The topological polar surface area (TPSA) is 101 Å². The second-order valence-electron chi connectivity index (χ2n) is 1.68. The maximum Gasteiger partial charge on any atom is 0.308 e. The zero-order chi connectivity index (χ0) is 7.49. The minimum Gasteiger partial charge on any atom is -0.481 e. The van der Waals surface area contributed by atoms with Gasteiger partial charge in [-0.1, -0.05) is 0 Å². The first-order valence-electron chi connectivity index (χ1n) is 2.17. The summed E-state index contributed by atoms with van der Waals surface area (Å²) in [5, 5.41) is 16.5. The van der Waals surface area contributed by atoms with Crippen LogP contribution in [0.3, 0.4) is 0 Å². The number of aliphatic hydroxyl groups is 1. The Bertz CT molecular complexity index is 131. The van der Waals surface area contributed by atoms with E-state index >= 15 is 0 Å². The van der Waals surface area contributed by atoms with E-state index in [1.165, 1.54) is 0 Å². The van der Waals surface area contributed by atoms with Crippen LogP contribution >= 0.6 is 0 Å². The van der Waals surface area contributed by atoms with Crippen LogP contribution in [0, 0.1) is 0 Å². The summed E-state index contributed by atoms with van der Waals surface area (Å²) in [6.45, 7) is 0. The highest BCUT2D eigenvalue weighted by Crippen LogP contribution is 1.95. The summed E-state index contributed by atoms with van der Waals surface area (Å²) in [5.74, 6) is -1.31. The number of aliphatic carboxylic acids is 1. The SMILES string of the molecule is N[C@](O)(C=O)CC(=O)O. The molecule has 0 saturated heterocycles. The summed E-state index contributed by atoms with van der Waals surface area (Å²) >= 11 is 0. The van der Waals surface area contributed by atoms with Crippen molar-refractivity contribution in [3.8, 4) is 0 Å². The Balaban J connectivity index is 3.86. The Morgan fingerprint density at radius 1 is 1.78 bits per heavy atom. The molecule has 0 heterocycles. The average Bonchev–Trinajstić information content (AvgIpc) is 1.63. The maximum atomic E-state index is 9.77. The molecule has 0 aromatic carbocycles. The molecule has 4 N–H and O–H groups in total. The smallest absolute Gasteiger partial charge is 0.308 e. The number of carboxylic acids is 1. The predicted molar refractivity (Wildman–Crippen MR) is 27.5 cm³/mol. The lowest BCUT2D eigenvalue weighted by atomic mass is 10.2. The molecule has 0 aromatic heterocycles. The number of rotatable bonds is 3. The van der Waals surface area contributed by atoms with Gasteiger partial charge in [-0.15, -0.1) is 0 Å². The first-order chi connectivity index (χ1) is 3.98. The van der Waals surface area contributed by atoms with Crippen LogP contribution in [-0.4, -0.2) is 28.2 Å². The fourth-order valence-electron chi connectivity index (χ4n) is 0.284. The molecular weight excluding hydrogens is 126 g/mol. The molecule has 0 fully saturated rings. The molecule has 0 rings (SSSR count). The second kappa shape index (κ2) is 2.56. The van der Waals surface area contributed by atoms with Crippen molar-refractivity contribution in [1.82, 2.24) is 0 Å². The molecule has 0 aromatic rings. The van der Waals surface area contributed by atoms with Gasteiger partial charge in [-0.2, -0.15) is 0 Å². The molecular formula is C4H7NO4. The molecule has 0 amide bonds. The van der Waals surface area contributed by atoms with Gasteiger partial charge in [-0.25, -0.2) is 0 Å². The first kappa shape index (κ1) is 8.06. The summed E-state index contributed by atoms with van der Waals surface area (Å²) in [6.07, 6.45) is -0.780. The molecule has 0 unspecified atom stereocenters. The quantitative estimate of drug-likeness (QED) is 0.315. The minimum atomic E-state index is -2.22. The van der Waals surface area contributed by atoms with Crippen molar-refractivity contribution >= 4 is 12.3 Å². The van der Waals surface area contributed by atoms with E-state index in [9.17, 15) is 9.59 Å². The average molecular weight is 133 g/mol. The third-order valence-electron chi connectivity index (χ3n) is 0.638. The Morgan fingerprint density at radius 3 is 2.33 bits per heavy atom. The molecule has 0 radical (unpaired) electrons. The second-order valence-corrected chi connectivity index (χ2v) is 1.68. The van der Waals surface area contributed by atoms with Gasteiger partial charge in [0.1, 0.15) is 0 Å². The van der Waals surface area contributed by atoms with E-state index in [0.717, 1.165) is 0 Å². The molecule has 0 aliphatic heterocycles. The maximum absolute atomic E-state index is 9.77. The van der Waals surface area contributed by atoms with Crippen molar-refractivity contribution in [1.29, 1.82) is 0 Å². The first-order valence-corrected chi connectivity index (χ1v) is 2.17. The van der Waals surface area contributed by atoms with Crippen molar-refractivity contribution in [2.24, 2.45) is 5.73 Å². The van der Waals surface area contributed by atoms with E-state index in [-0.39, 0.29) is 6.29 Å². The van der Waals surface area contributed by atoms with Gasteiger partial charge in [-0.05, 0) is 0 Å². The van der Waals surface area contributed by atoms with E-state index in [4.69, 9.17) is 15.9 Å². The number of hydrogen-bond acceptors (Lipinski definition) is 4. The highest BCUT2D eigenvalue weighted by atomic mass is 16.4. The molecule has 5 heteroatoms. The summed E-state index contributed by atoms with van der Waals surface area (Å²) in [6, 6.07) is 0. The molecule has 0 bridgehead atoms. The van der Waals surface area contributed by atoms with Crippen molar-refractivity contribution in [2.45, 2.75) is 12.1 Å². The fraction of sp³-hybridized carbons (Fsp3) is 0.500. The van der Waals surface area contributed by atoms with E-state index in [0.29, 0.717) is 0 Å². The monoisotopic (exact) mass is 133 g/mol. The summed E-state index contributed by atoms with van der Waals surface area (Å²) in [4.78, 5) is 19.5. The van der Waals surface area contributed by atoms with Gasteiger partial charge in [0.05, 0.1) is 6.42 Å². The molecule has 52 valence electrons. The van der Waals surface area contributed by atoms with E-state index < -0.39 is 18.1 Å². The van der Waals surface area contributed by atoms with E-state index in [1.54, 1.807) is 0 Å². The van der Waals surface area contributed by atoms with Crippen LogP contribution in [-0.2, 0) is 9.59 Å². The molecule has 0 aliphatic carbocycles. The van der Waals surface area contributed by atoms with Gasteiger partial charge < -0.3 is 10.2 Å². The number of carbonyl (C=O) groups is 2. The van der Waals surface area contributed by atoms with Crippen LogP contribution in [0.5, 0.6) is 0 Å². The lowest BCUT2D eigenvalue weighted by Crippen LogP contribution is -2.43. The zero-order valence-electron chi connectivity index (χ0n) is 4.57. The van der Waals surface area contributed by atoms with Crippen LogP contribution in [0.4, 0.5) is 0 Å². The number of aldehydes is 1. The van der Waals surface area contributed by atoms with Gasteiger partial charge in [0, 0.05) is 0 Å². The van der Waals surface area contributed by atoms with Gasteiger partial charge in [-0.3, -0.25) is 15.3 Å². The van der Waals surface area contributed by atoms with Crippen LogP contribution in [0.25, 0.3) is 0 Å². The van der Waals surface area contributed by atoms with Gasteiger partial charge in [0.2, 0.25) is 0 Å². The Hall–Kier alpha value is -0.940. The van der Waals surface area contributed by atoms with Crippen molar-refractivity contribution in [3.63, 3.8) is 0 Å². The highest BCUT2D eigenvalue weighted by Gasteiger charge is 2.23. The Morgan fingerprint density at radius 2 is 2.22 bits per heavy atom. The van der Waals surface area contributed by atoms with E-state index in [2.05, 4.69) is 0 Å². The van der Waals surface area contributed by atoms with Crippen LogP contribution in [0.1, 0.15) is 6.42 Å². The van der Waals surface area contributed by atoms with Gasteiger partial charge >= 0.3 is 5.97 Å². The summed E-state index contributed by atoms with van der Waals surface area (Å²) < 4.78 is 0. The molecule has 5 nitrogen and oxygen atoms in total. The standard InChI is InChI=1S/C4H7NO4/c5-4(9,2-6)1-3(7)8/h2,9H,1,5H2,(H,7,8)/t4-/m1/s1. The highest BCUT2D eigenvalue weighted by molar-refractivity contribution is 5.75.